The molecule has 0 aromatic heterocycles. The summed E-state index contributed by atoms with van der Waals surface area (Å²) in [6, 6.07) is -0.258. The van der Waals surface area contributed by atoms with Gasteiger partial charge < -0.3 is 15.4 Å². The summed E-state index contributed by atoms with van der Waals surface area (Å²) in [7, 11) is 3.36. The van der Waals surface area contributed by atoms with E-state index in [0.29, 0.717) is 18.4 Å². The lowest BCUT2D eigenvalue weighted by molar-refractivity contribution is 0.0826. The van der Waals surface area contributed by atoms with Crippen molar-refractivity contribution in [3.63, 3.8) is 0 Å². The second-order valence-electron chi connectivity index (χ2n) is 3.97. The van der Waals surface area contributed by atoms with Crippen LogP contribution in [0.15, 0.2) is 4.99 Å². The predicted molar refractivity (Wildman–Crippen MR) is 52.1 cm³/mol. The number of urea groups is 1. The maximum atomic E-state index is 11.4. The van der Waals surface area contributed by atoms with Gasteiger partial charge in [0, 0.05) is 14.2 Å². The van der Waals surface area contributed by atoms with Crippen molar-refractivity contribution in [2.75, 3.05) is 20.8 Å². The number of amidine groups is 1. The van der Waals surface area contributed by atoms with Gasteiger partial charge in [0.15, 0.2) is 0 Å². The predicted octanol–water partition coefficient (Wildman–Crippen LogP) is 0.204. The Kier molecular flexibility index (Phi) is 1.99. The fraction of sp³-hybridized carbons (Fsp3) is 0.778. The molecule has 1 aliphatic heterocycles. The van der Waals surface area contributed by atoms with Gasteiger partial charge in [-0.1, -0.05) is 0 Å². The third kappa shape index (κ3) is 1.05. The Morgan fingerprint density at radius 3 is 2.71 bits per heavy atom. The molecule has 1 fully saturated rings. The highest BCUT2D eigenvalue weighted by molar-refractivity contribution is 6.06. The van der Waals surface area contributed by atoms with Crippen LogP contribution in [0.5, 0.6) is 0 Å². The molecule has 0 radical (unpaired) electrons. The molecule has 5 nitrogen and oxygen atoms in total. The average Bonchev–Trinajstić information content (AvgIpc) is 2.93. The maximum absolute atomic E-state index is 11.4. The highest BCUT2D eigenvalue weighted by atomic mass is 16.5. The van der Waals surface area contributed by atoms with E-state index in [1.54, 1.807) is 19.1 Å². The van der Waals surface area contributed by atoms with Gasteiger partial charge in [-0.25, -0.2) is 4.79 Å². The molecule has 0 aromatic carbocycles. The fourth-order valence-corrected chi connectivity index (χ4v) is 2.17. The van der Waals surface area contributed by atoms with Crippen molar-refractivity contribution in [2.24, 2.45) is 16.6 Å². The number of methoxy groups -OCH3 is 1. The van der Waals surface area contributed by atoms with E-state index < -0.39 is 5.54 Å². The highest BCUT2D eigenvalue weighted by Gasteiger charge is 2.56. The van der Waals surface area contributed by atoms with Crippen molar-refractivity contribution in [1.82, 2.24) is 4.90 Å². The Hall–Kier alpha value is -1.10. The molecule has 0 aromatic rings. The molecule has 0 spiro atoms. The van der Waals surface area contributed by atoms with Crippen LogP contribution in [-0.2, 0) is 4.74 Å². The molecule has 14 heavy (non-hydrogen) atoms. The average molecular weight is 197 g/mol. The first-order chi connectivity index (χ1) is 6.63. The Balaban J connectivity index is 2.33. The van der Waals surface area contributed by atoms with Crippen molar-refractivity contribution in [1.29, 1.82) is 0 Å². The van der Waals surface area contributed by atoms with Gasteiger partial charge in [-0.2, -0.15) is 4.99 Å². The second kappa shape index (κ2) is 2.95. The lowest BCUT2D eigenvalue weighted by Gasteiger charge is -2.35. The SMILES string of the molecule is COCC1(C2CC2)C(N)=NC(=O)N1C. The van der Waals surface area contributed by atoms with Gasteiger partial charge in [0.05, 0.1) is 6.61 Å². The van der Waals surface area contributed by atoms with Crippen LogP contribution in [0.4, 0.5) is 4.79 Å². The number of carbonyl (C=O) groups is 1. The third-order valence-electron chi connectivity index (χ3n) is 3.16. The van der Waals surface area contributed by atoms with E-state index in [9.17, 15) is 4.79 Å². The number of hydrogen-bond donors (Lipinski definition) is 1. The number of ether oxygens (including phenoxy) is 1. The molecule has 0 saturated heterocycles. The zero-order valence-electron chi connectivity index (χ0n) is 8.49. The first kappa shape index (κ1) is 9.45. The normalized spacial score (nSPS) is 32.3. The summed E-state index contributed by atoms with van der Waals surface area (Å²) in [6.45, 7) is 0.440. The van der Waals surface area contributed by atoms with Crippen molar-refractivity contribution in [3.8, 4) is 0 Å². The van der Waals surface area contributed by atoms with Crippen molar-refractivity contribution < 1.29 is 9.53 Å². The number of hydrogen-bond acceptors (Lipinski definition) is 3. The standard InChI is InChI=1S/C9H15N3O2/c1-12-8(13)11-7(10)9(12,5-14-2)6-3-4-6/h6H,3-5H2,1-2H3,(H2,10,11,13). The van der Waals surface area contributed by atoms with Gasteiger partial charge in [0.2, 0.25) is 0 Å². The fourth-order valence-electron chi connectivity index (χ4n) is 2.17. The van der Waals surface area contributed by atoms with E-state index in [2.05, 4.69) is 4.99 Å². The molecule has 1 atom stereocenters. The first-order valence-corrected chi connectivity index (χ1v) is 4.74. The molecule has 0 bridgehead atoms. The van der Waals surface area contributed by atoms with E-state index in [4.69, 9.17) is 10.5 Å². The minimum Gasteiger partial charge on any atom is -0.385 e. The molecule has 1 unspecified atom stereocenters. The Morgan fingerprint density at radius 2 is 2.36 bits per heavy atom. The van der Waals surface area contributed by atoms with Gasteiger partial charge in [0.1, 0.15) is 11.4 Å². The van der Waals surface area contributed by atoms with Crippen LogP contribution >= 0.6 is 0 Å². The molecule has 5 heteroatoms. The molecular formula is C9H15N3O2. The summed E-state index contributed by atoms with van der Waals surface area (Å²) < 4.78 is 5.16. The molecule has 78 valence electrons. The minimum atomic E-state index is -0.466. The van der Waals surface area contributed by atoms with Gasteiger partial charge in [0.25, 0.3) is 0 Å². The third-order valence-corrected chi connectivity index (χ3v) is 3.16. The molecule has 1 aliphatic carbocycles. The topological polar surface area (TPSA) is 67.9 Å². The number of amides is 2. The van der Waals surface area contributed by atoms with Crippen molar-refractivity contribution in [2.45, 2.75) is 18.4 Å². The minimum absolute atomic E-state index is 0.258. The smallest absolute Gasteiger partial charge is 0.345 e. The molecule has 2 aliphatic rings. The van der Waals surface area contributed by atoms with Crippen LogP contribution in [0.3, 0.4) is 0 Å². The van der Waals surface area contributed by atoms with Gasteiger partial charge in [-0.3, -0.25) is 0 Å². The van der Waals surface area contributed by atoms with Crippen LogP contribution in [0.25, 0.3) is 0 Å². The van der Waals surface area contributed by atoms with Crippen LogP contribution in [0.1, 0.15) is 12.8 Å². The molecule has 2 rings (SSSR count). The molecule has 1 saturated carbocycles. The summed E-state index contributed by atoms with van der Waals surface area (Å²) in [5.41, 5.74) is 5.36. The van der Waals surface area contributed by atoms with Gasteiger partial charge in [-0.05, 0) is 18.8 Å². The lowest BCUT2D eigenvalue weighted by atomic mass is 9.92. The first-order valence-electron chi connectivity index (χ1n) is 4.74. The maximum Gasteiger partial charge on any atom is 0.345 e. The Morgan fingerprint density at radius 1 is 1.71 bits per heavy atom. The molecule has 2 amide bonds. The summed E-state index contributed by atoms with van der Waals surface area (Å²) >= 11 is 0. The number of nitrogens with two attached hydrogens (primary N) is 1. The van der Waals surface area contributed by atoms with Crippen LogP contribution < -0.4 is 5.73 Å². The lowest BCUT2D eigenvalue weighted by Crippen LogP contribution is -2.57. The van der Waals surface area contributed by atoms with E-state index in [1.807, 2.05) is 0 Å². The monoisotopic (exact) mass is 197 g/mol. The molecule has 1 heterocycles. The Labute approximate surface area is 82.9 Å². The number of aliphatic imine (C=N–C) groups is 1. The van der Waals surface area contributed by atoms with E-state index >= 15 is 0 Å². The summed E-state index contributed by atoms with van der Waals surface area (Å²) in [6.07, 6.45) is 2.19. The van der Waals surface area contributed by atoms with Crippen molar-refractivity contribution in [3.05, 3.63) is 0 Å². The summed E-state index contributed by atoms with van der Waals surface area (Å²) in [4.78, 5) is 16.8. The van der Waals surface area contributed by atoms with E-state index in [0.717, 1.165) is 12.8 Å². The number of nitrogens with zero attached hydrogens (tertiary/aromatic N) is 2. The van der Waals surface area contributed by atoms with Crippen LogP contribution in [-0.4, -0.2) is 43.1 Å². The number of rotatable bonds is 3. The second-order valence-corrected chi connectivity index (χ2v) is 3.97. The zero-order chi connectivity index (χ0) is 10.3. The number of carbonyl (C=O) groups excluding carboxylic acids is 1. The van der Waals surface area contributed by atoms with E-state index in [1.165, 1.54) is 0 Å². The van der Waals surface area contributed by atoms with Crippen LogP contribution in [0, 0.1) is 5.92 Å². The summed E-state index contributed by atoms with van der Waals surface area (Å²) in [5.74, 6) is 0.831. The zero-order valence-corrected chi connectivity index (χ0v) is 8.49. The Bertz CT molecular complexity index is 298. The summed E-state index contributed by atoms with van der Waals surface area (Å²) in [5, 5.41) is 0. The molecule has 2 N–H and O–H groups in total. The highest BCUT2D eigenvalue weighted by Crippen LogP contribution is 2.45. The molecular weight excluding hydrogens is 182 g/mol. The van der Waals surface area contributed by atoms with Gasteiger partial charge in [-0.15, -0.1) is 0 Å². The van der Waals surface area contributed by atoms with E-state index in [-0.39, 0.29) is 6.03 Å². The van der Waals surface area contributed by atoms with Gasteiger partial charge >= 0.3 is 6.03 Å². The van der Waals surface area contributed by atoms with Crippen LogP contribution in [0.2, 0.25) is 0 Å². The van der Waals surface area contributed by atoms with Crippen molar-refractivity contribution >= 4 is 11.9 Å². The quantitative estimate of drug-likeness (QED) is 0.703. The largest absolute Gasteiger partial charge is 0.385 e. The number of likely N-dealkylation sites (N-methyl/N-ethyl adjacent to an activating group) is 1.